The van der Waals surface area contributed by atoms with E-state index >= 15 is 0 Å². The highest BCUT2D eigenvalue weighted by molar-refractivity contribution is 5.90. The first kappa shape index (κ1) is 20.7. The molecule has 0 saturated carbocycles. The molecule has 2 aromatic heterocycles. The maximum Gasteiger partial charge on any atom is 0.320 e. The highest BCUT2D eigenvalue weighted by Crippen LogP contribution is 2.21. The van der Waals surface area contributed by atoms with Crippen molar-refractivity contribution in [1.29, 1.82) is 5.41 Å². The van der Waals surface area contributed by atoms with Crippen LogP contribution < -0.4 is 15.8 Å². The molecule has 0 radical (unpaired) electrons. The van der Waals surface area contributed by atoms with Crippen LogP contribution in [-0.4, -0.2) is 39.2 Å². The van der Waals surface area contributed by atoms with E-state index in [1.165, 1.54) is 31.5 Å². The summed E-state index contributed by atoms with van der Waals surface area (Å²) in [5.41, 5.74) is 9.88. The number of hydrogen-bond donors (Lipinski definition) is 3. The van der Waals surface area contributed by atoms with E-state index in [1.807, 2.05) is 12.1 Å². The van der Waals surface area contributed by atoms with E-state index in [0.717, 1.165) is 23.9 Å². The van der Waals surface area contributed by atoms with Crippen molar-refractivity contribution in [2.24, 2.45) is 0 Å². The molecular formula is C23H27N7O. The Kier molecular flexibility index (Phi) is 6.68. The van der Waals surface area contributed by atoms with Crippen molar-refractivity contribution in [2.75, 3.05) is 24.1 Å². The van der Waals surface area contributed by atoms with Gasteiger partial charge in [0.1, 0.15) is 18.2 Å². The number of likely N-dealkylation sites (tertiary alicyclic amines) is 1. The number of anilines is 2. The first-order chi connectivity index (χ1) is 15.2. The molecule has 1 aliphatic rings. The van der Waals surface area contributed by atoms with Gasteiger partial charge in [-0.25, -0.2) is 0 Å². The SMILES string of the molecule is N=Cc1c(N)nc(OCc2ccncc2)nc1NCc1ccc(CN2CCCC2)cc1. The van der Waals surface area contributed by atoms with Gasteiger partial charge in [0.2, 0.25) is 0 Å². The van der Waals surface area contributed by atoms with E-state index in [2.05, 4.69) is 49.4 Å². The van der Waals surface area contributed by atoms with Crippen LogP contribution in [-0.2, 0) is 19.7 Å². The largest absolute Gasteiger partial charge is 0.458 e. The zero-order chi connectivity index (χ0) is 21.5. The lowest BCUT2D eigenvalue weighted by Crippen LogP contribution is -2.18. The van der Waals surface area contributed by atoms with Gasteiger partial charge in [0.15, 0.2) is 0 Å². The number of pyridine rings is 1. The maximum atomic E-state index is 7.67. The van der Waals surface area contributed by atoms with Crippen LogP contribution in [0.1, 0.15) is 35.1 Å². The number of nitrogen functional groups attached to an aromatic ring is 1. The van der Waals surface area contributed by atoms with Crippen LogP contribution in [0, 0.1) is 5.41 Å². The number of nitrogens with zero attached hydrogens (tertiary/aromatic N) is 4. The first-order valence-electron chi connectivity index (χ1n) is 10.4. The number of rotatable bonds is 9. The van der Waals surface area contributed by atoms with E-state index in [9.17, 15) is 0 Å². The summed E-state index contributed by atoms with van der Waals surface area (Å²) in [6, 6.07) is 12.5. The lowest BCUT2D eigenvalue weighted by atomic mass is 10.1. The minimum Gasteiger partial charge on any atom is -0.458 e. The number of aromatic nitrogens is 3. The third-order valence-corrected chi connectivity index (χ3v) is 5.30. The molecule has 0 amide bonds. The van der Waals surface area contributed by atoms with E-state index in [0.29, 0.717) is 24.5 Å². The van der Waals surface area contributed by atoms with E-state index < -0.39 is 0 Å². The molecule has 0 aliphatic carbocycles. The van der Waals surface area contributed by atoms with Crippen molar-refractivity contribution in [3.63, 3.8) is 0 Å². The van der Waals surface area contributed by atoms with Crippen LogP contribution >= 0.6 is 0 Å². The van der Waals surface area contributed by atoms with Gasteiger partial charge in [-0.2, -0.15) is 9.97 Å². The number of ether oxygens (including phenoxy) is 1. The molecule has 1 aliphatic heterocycles. The second-order valence-electron chi connectivity index (χ2n) is 7.60. The van der Waals surface area contributed by atoms with Crippen molar-refractivity contribution in [3.8, 4) is 6.01 Å². The Hall–Kier alpha value is -3.52. The molecule has 8 heteroatoms. The van der Waals surface area contributed by atoms with Crippen LogP contribution in [0.4, 0.5) is 11.6 Å². The Bertz CT molecular complexity index is 1000. The summed E-state index contributed by atoms with van der Waals surface area (Å²) in [6.07, 6.45) is 7.16. The molecule has 0 unspecified atom stereocenters. The third kappa shape index (κ3) is 5.55. The van der Waals surface area contributed by atoms with Crippen molar-refractivity contribution in [3.05, 3.63) is 71.0 Å². The molecule has 8 nitrogen and oxygen atoms in total. The standard InChI is InChI=1S/C23H27N7O/c24-13-20-21(25)28-23(31-16-19-7-9-26-10-8-19)29-22(20)27-14-17-3-5-18(6-4-17)15-30-11-1-2-12-30/h3-10,13,24H,1-2,11-12,14-16H2,(H3,25,27,28,29). The molecule has 4 rings (SSSR count). The van der Waals surface area contributed by atoms with E-state index in [-0.39, 0.29) is 11.8 Å². The number of benzene rings is 1. The van der Waals surface area contributed by atoms with Crippen LogP contribution in [0.3, 0.4) is 0 Å². The van der Waals surface area contributed by atoms with Gasteiger partial charge in [-0.05, 0) is 54.8 Å². The van der Waals surface area contributed by atoms with Gasteiger partial charge in [0.05, 0.1) is 5.56 Å². The predicted octanol–water partition coefficient (Wildman–Crippen LogP) is 3.24. The molecule has 4 N–H and O–H groups in total. The Labute approximate surface area is 182 Å². The minimum absolute atomic E-state index is 0.170. The smallest absolute Gasteiger partial charge is 0.320 e. The highest BCUT2D eigenvalue weighted by Gasteiger charge is 2.13. The second-order valence-corrected chi connectivity index (χ2v) is 7.60. The van der Waals surface area contributed by atoms with Crippen molar-refractivity contribution < 1.29 is 4.74 Å². The molecule has 0 spiro atoms. The van der Waals surface area contributed by atoms with Crippen LogP contribution in [0.5, 0.6) is 6.01 Å². The summed E-state index contributed by atoms with van der Waals surface area (Å²) in [4.78, 5) is 15.1. The molecule has 0 bridgehead atoms. The Morgan fingerprint density at radius 1 is 1.00 bits per heavy atom. The highest BCUT2D eigenvalue weighted by atomic mass is 16.5. The Morgan fingerprint density at radius 3 is 2.42 bits per heavy atom. The van der Waals surface area contributed by atoms with Gasteiger partial charge in [-0.3, -0.25) is 9.88 Å². The number of nitrogens with one attached hydrogen (secondary N) is 2. The number of nitrogens with two attached hydrogens (primary N) is 1. The lowest BCUT2D eigenvalue weighted by molar-refractivity contribution is 0.281. The summed E-state index contributed by atoms with van der Waals surface area (Å²) in [6.45, 7) is 4.26. The third-order valence-electron chi connectivity index (χ3n) is 5.30. The zero-order valence-corrected chi connectivity index (χ0v) is 17.4. The molecule has 1 saturated heterocycles. The lowest BCUT2D eigenvalue weighted by Gasteiger charge is -2.15. The van der Waals surface area contributed by atoms with Crippen LogP contribution in [0.25, 0.3) is 0 Å². The average molecular weight is 418 g/mol. The molecule has 0 atom stereocenters. The maximum absolute atomic E-state index is 7.67. The molecular weight excluding hydrogens is 390 g/mol. The van der Waals surface area contributed by atoms with Gasteiger partial charge < -0.3 is 21.2 Å². The first-order valence-corrected chi connectivity index (χ1v) is 10.4. The summed E-state index contributed by atoms with van der Waals surface area (Å²) >= 11 is 0. The fourth-order valence-corrected chi connectivity index (χ4v) is 3.58. The summed E-state index contributed by atoms with van der Waals surface area (Å²) in [7, 11) is 0. The van der Waals surface area contributed by atoms with Gasteiger partial charge in [-0.15, -0.1) is 0 Å². The fourth-order valence-electron chi connectivity index (χ4n) is 3.58. The second kappa shape index (κ2) is 9.99. The molecule has 160 valence electrons. The summed E-state index contributed by atoms with van der Waals surface area (Å²) in [5.74, 6) is 0.687. The predicted molar refractivity (Wildman–Crippen MR) is 121 cm³/mol. The van der Waals surface area contributed by atoms with Crippen molar-refractivity contribution in [1.82, 2.24) is 19.9 Å². The van der Waals surface area contributed by atoms with E-state index in [1.54, 1.807) is 12.4 Å². The van der Waals surface area contributed by atoms with Gasteiger partial charge >= 0.3 is 6.01 Å². The van der Waals surface area contributed by atoms with Crippen LogP contribution in [0.2, 0.25) is 0 Å². The van der Waals surface area contributed by atoms with E-state index in [4.69, 9.17) is 15.9 Å². The average Bonchev–Trinajstić information content (AvgIpc) is 3.31. The summed E-state index contributed by atoms with van der Waals surface area (Å²) < 4.78 is 5.69. The fraction of sp³-hybridized carbons (Fsp3) is 0.304. The number of hydrogen-bond acceptors (Lipinski definition) is 8. The molecule has 1 aromatic carbocycles. The minimum atomic E-state index is 0.170. The Morgan fingerprint density at radius 2 is 1.71 bits per heavy atom. The van der Waals surface area contributed by atoms with Crippen molar-refractivity contribution >= 4 is 17.9 Å². The molecule has 1 fully saturated rings. The topological polar surface area (TPSA) is 113 Å². The molecule has 31 heavy (non-hydrogen) atoms. The Balaban J connectivity index is 1.40. The summed E-state index contributed by atoms with van der Waals surface area (Å²) in [5, 5.41) is 10.9. The zero-order valence-electron chi connectivity index (χ0n) is 17.4. The monoisotopic (exact) mass is 417 g/mol. The molecule has 3 heterocycles. The van der Waals surface area contributed by atoms with Gasteiger partial charge in [0, 0.05) is 31.7 Å². The van der Waals surface area contributed by atoms with Gasteiger partial charge in [0.25, 0.3) is 0 Å². The quantitative estimate of drug-likeness (QED) is 0.458. The van der Waals surface area contributed by atoms with Gasteiger partial charge in [-0.1, -0.05) is 24.3 Å². The van der Waals surface area contributed by atoms with Crippen molar-refractivity contribution in [2.45, 2.75) is 32.5 Å². The normalized spacial score (nSPS) is 13.8. The molecule has 3 aromatic rings. The van der Waals surface area contributed by atoms with Crippen LogP contribution in [0.15, 0.2) is 48.8 Å².